The second kappa shape index (κ2) is 5.58. The van der Waals surface area contributed by atoms with Crippen LogP contribution in [0.5, 0.6) is 0 Å². The maximum absolute atomic E-state index is 13.0. The Balaban J connectivity index is 1.78. The summed E-state index contributed by atoms with van der Waals surface area (Å²) in [6.45, 7) is 6.96. The second-order valence-electron chi connectivity index (χ2n) is 5.29. The number of aryl methyl sites for hydroxylation is 2. The molecule has 2 aromatic heterocycles. The van der Waals surface area contributed by atoms with Crippen molar-refractivity contribution in [2.24, 2.45) is 0 Å². The Morgan fingerprint density at radius 3 is 2.71 bits per heavy atom. The van der Waals surface area contributed by atoms with E-state index in [0.717, 1.165) is 22.8 Å². The quantitative estimate of drug-likeness (QED) is 0.789. The number of benzene rings is 1. The summed E-state index contributed by atoms with van der Waals surface area (Å²) in [6.07, 6.45) is 0. The van der Waals surface area contributed by atoms with Crippen molar-refractivity contribution in [1.29, 1.82) is 0 Å². The molecule has 0 radical (unpaired) electrons. The fourth-order valence-electron chi connectivity index (χ4n) is 2.49. The molecule has 0 aliphatic heterocycles. The molecule has 110 valence electrons. The molecule has 3 aromatic rings. The third-order valence-corrected chi connectivity index (χ3v) is 4.72. The highest BCUT2D eigenvalue weighted by Crippen LogP contribution is 2.21. The van der Waals surface area contributed by atoms with Crippen molar-refractivity contribution in [3.63, 3.8) is 0 Å². The topological polar surface area (TPSA) is 29.3 Å². The lowest BCUT2D eigenvalue weighted by molar-refractivity contribution is 0.561. The van der Waals surface area contributed by atoms with Gasteiger partial charge in [0.05, 0.1) is 11.4 Å². The van der Waals surface area contributed by atoms with Crippen LogP contribution in [0, 0.1) is 19.7 Å². The van der Waals surface area contributed by atoms with Gasteiger partial charge in [-0.25, -0.2) is 9.37 Å². The fraction of sp³-hybridized carbons (Fsp3) is 0.312. The lowest BCUT2D eigenvalue weighted by Crippen LogP contribution is -2.19. The molecule has 3 rings (SSSR count). The predicted octanol–water partition coefficient (Wildman–Crippen LogP) is 4.00. The monoisotopic (exact) mass is 303 g/mol. The predicted molar refractivity (Wildman–Crippen MR) is 84.2 cm³/mol. The van der Waals surface area contributed by atoms with E-state index in [0.29, 0.717) is 0 Å². The molecule has 0 spiro atoms. The third-order valence-electron chi connectivity index (χ3n) is 3.78. The van der Waals surface area contributed by atoms with Crippen LogP contribution in [0.4, 0.5) is 4.39 Å². The van der Waals surface area contributed by atoms with Crippen molar-refractivity contribution in [1.82, 2.24) is 14.7 Å². The zero-order chi connectivity index (χ0) is 15.0. The summed E-state index contributed by atoms with van der Waals surface area (Å²) in [7, 11) is 0. The summed E-state index contributed by atoms with van der Waals surface area (Å²) in [5, 5.41) is 5.61. The van der Waals surface area contributed by atoms with Crippen LogP contribution >= 0.6 is 11.3 Å². The third kappa shape index (κ3) is 2.71. The van der Waals surface area contributed by atoms with E-state index in [2.05, 4.69) is 33.9 Å². The number of halogens is 1. The first-order valence-electron chi connectivity index (χ1n) is 6.97. The standard InChI is InChI=1S/C16H18FN3S/c1-10-9-21-16-19-12(3)15(20(10)16)8-18-11(2)13-4-6-14(17)7-5-13/h4-7,9,11,18H,8H2,1-3H3. The number of rotatable bonds is 4. The van der Waals surface area contributed by atoms with Crippen LogP contribution in [-0.4, -0.2) is 9.38 Å². The van der Waals surface area contributed by atoms with E-state index in [9.17, 15) is 4.39 Å². The Morgan fingerprint density at radius 1 is 1.29 bits per heavy atom. The van der Waals surface area contributed by atoms with Gasteiger partial charge in [-0.15, -0.1) is 11.3 Å². The average molecular weight is 303 g/mol. The minimum Gasteiger partial charge on any atom is -0.305 e. The first kappa shape index (κ1) is 14.2. The molecule has 21 heavy (non-hydrogen) atoms. The number of thiazole rings is 1. The average Bonchev–Trinajstić information content (AvgIpc) is 2.97. The van der Waals surface area contributed by atoms with Gasteiger partial charge in [0.15, 0.2) is 4.96 Å². The van der Waals surface area contributed by atoms with E-state index >= 15 is 0 Å². The van der Waals surface area contributed by atoms with Gasteiger partial charge in [0.1, 0.15) is 5.82 Å². The van der Waals surface area contributed by atoms with E-state index in [1.807, 2.05) is 19.1 Å². The van der Waals surface area contributed by atoms with Gasteiger partial charge in [-0.2, -0.15) is 0 Å². The Labute approximate surface area is 127 Å². The van der Waals surface area contributed by atoms with E-state index in [-0.39, 0.29) is 11.9 Å². The Morgan fingerprint density at radius 2 is 2.00 bits per heavy atom. The van der Waals surface area contributed by atoms with Gasteiger partial charge in [-0.05, 0) is 38.5 Å². The number of imidazole rings is 1. The van der Waals surface area contributed by atoms with E-state index in [1.165, 1.54) is 23.5 Å². The van der Waals surface area contributed by atoms with Crippen LogP contribution in [0.15, 0.2) is 29.6 Å². The summed E-state index contributed by atoms with van der Waals surface area (Å²) in [4.78, 5) is 5.63. The van der Waals surface area contributed by atoms with Crippen LogP contribution in [0.2, 0.25) is 0 Å². The first-order chi connectivity index (χ1) is 10.1. The van der Waals surface area contributed by atoms with E-state index in [1.54, 1.807) is 11.3 Å². The van der Waals surface area contributed by atoms with Crippen LogP contribution in [0.1, 0.15) is 35.6 Å². The smallest absolute Gasteiger partial charge is 0.194 e. The van der Waals surface area contributed by atoms with Crippen molar-refractivity contribution in [3.05, 3.63) is 58.1 Å². The zero-order valence-electron chi connectivity index (χ0n) is 12.4. The van der Waals surface area contributed by atoms with Gasteiger partial charge in [0.25, 0.3) is 0 Å². The lowest BCUT2D eigenvalue weighted by Gasteiger charge is -2.14. The van der Waals surface area contributed by atoms with Gasteiger partial charge in [0, 0.05) is 23.7 Å². The number of hydrogen-bond donors (Lipinski definition) is 1. The van der Waals surface area contributed by atoms with Crippen LogP contribution in [-0.2, 0) is 6.54 Å². The minimum atomic E-state index is -0.201. The summed E-state index contributed by atoms with van der Waals surface area (Å²) < 4.78 is 15.2. The molecule has 0 saturated carbocycles. The first-order valence-corrected chi connectivity index (χ1v) is 7.85. The molecule has 1 unspecified atom stereocenters. The van der Waals surface area contributed by atoms with Crippen molar-refractivity contribution in [3.8, 4) is 0 Å². The summed E-state index contributed by atoms with van der Waals surface area (Å²) in [5.74, 6) is -0.201. The Kier molecular flexibility index (Phi) is 3.78. The molecule has 0 aliphatic carbocycles. The molecule has 0 fully saturated rings. The van der Waals surface area contributed by atoms with E-state index in [4.69, 9.17) is 0 Å². The number of hydrogen-bond acceptors (Lipinski definition) is 3. The van der Waals surface area contributed by atoms with Crippen molar-refractivity contribution >= 4 is 16.3 Å². The number of nitrogens with zero attached hydrogens (tertiary/aromatic N) is 2. The maximum Gasteiger partial charge on any atom is 0.194 e. The zero-order valence-corrected chi connectivity index (χ0v) is 13.2. The van der Waals surface area contributed by atoms with Gasteiger partial charge in [-0.1, -0.05) is 12.1 Å². The van der Waals surface area contributed by atoms with Crippen LogP contribution < -0.4 is 5.32 Å². The summed E-state index contributed by atoms with van der Waals surface area (Å²) >= 11 is 1.66. The number of aromatic nitrogens is 2. The molecule has 0 bridgehead atoms. The van der Waals surface area contributed by atoms with Crippen molar-refractivity contribution < 1.29 is 4.39 Å². The number of nitrogens with one attached hydrogen (secondary N) is 1. The van der Waals surface area contributed by atoms with Crippen LogP contribution in [0.25, 0.3) is 4.96 Å². The summed E-state index contributed by atoms with van der Waals surface area (Å²) in [5.41, 5.74) is 4.54. The molecule has 1 N–H and O–H groups in total. The Bertz CT molecular complexity index is 758. The normalized spacial score (nSPS) is 13.0. The SMILES string of the molecule is Cc1nc2scc(C)n2c1CNC(C)c1ccc(F)cc1. The van der Waals surface area contributed by atoms with E-state index < -0.39 is 0 Å². The minimum absolute atomic E-state index is 0.162. The highest BCUT2D eigenvalue weighted by atomic mass is 32.1. The molecule has 5 heteroatoms. The molecule has 1 aromatic carbocycles. The molecule has 2 heterocycles. The maximum atomic E-state index is 13.0. The summed E-state index contributed by atoms with van der Waals surface area (Å²) in [6, 6.07) is 6.80. The molecule has 0 aliphatic rings. The largest absolute Gasteiger partial charge is 0.305 e. The van der Waals surface area contributed by atoms with Crippen molar-refractivity contribution in [2.45, 2.75) is 33.4 Å². The fourth-order valence-corrected chi connectivity index (χ4v) is 3.43. The van der Waals surface area contributed by atoms with Gasteiger partial charge < -0.3 is 5.32 Å². The molecule has 3 nitrogen and oxygen atoms in total. The second-order valence-corrected chi connectivity index (χ2v) is 6.13. The van der Waals surface area contributed by atoms with Crippen molar-refractivity contribution in [2.75, 3.05) is 0 Å². The highest BCUT2D eigenvalue weighted by molar-refractivity contribution is 7.15. The van der Waals surface area contributed by atoms with Gasteiger partial charge >= 0.3 is 0 Å². The Hall–Kier alpha value is -1.72. The van der Waals surface area contributed by atoms with Crippen LogP contribution in [0.3, 0.4) is 0 Å². The lowest BCUT2D eigenvalue weighted by atomic mass is 10.1. The molecular weight excluding hydrogens is 285 g/mol. The molecule has 1 atom stereocenters. The highest BCUT2D eigenvalue weighted by Gasteiger charge is 2.13. The number of fused-ring (bicyclic) bond motifs is 1. The van der Waals surface area contributed by atoms with Gasteiger partial charge in [0.2, 0.25) is 0 Å². The molecule has 0 amide bonds. The molecular formula is C16H18FN3S. The van der Waals surface area contributed by atoms with Gasteiger partial charge in [-0.3, -0.25) is 4.40 Å². The molecule has 0 saturated heterocycles.